The Kier molecular flexibility index (Phi) is 7.82. The minimum Gasteiger partial charge on any atom is -0.497 e. The maximum atomic E-state index is 13.0. The second kappa shape index (κ2) is 11.6. The van der Waals surface area contributed by atoms with Crippen molar-refractivity contribution in [1.82, 2.24) is 14.9 Å². The number of hydrogen-bond acceptors (Lipinski definition) is 5. The normalized spacial score (nSPS) is 13.9. The first-order chi connectivity index (χ1) is 18.6. The summed E-state index contributed by atoms with van der Waals surface area (Å²) in [5, 5.41) is 3.05. The molecular formula is C31H35N3O4. The molecule has 4 aromatic rings. The maximum Gasteiger partial charge on any atom is 0.251 e. The monoisotopic (exact) mass is 513 g/mol. The van der Waals surface area contributed by atoms with E-state index in [0.717, 1.165) is 46.6 Å². The molecule has 0 aliphatic heterocycles. The third-order valence-electron chi connectivity index (χ3n) is 7.39. The molecule has 1 heterocycles. The van der Waals surface area contributed by atoms with Crippen LogP contribution < -0.4 is 19.5 Å². The Labute approximate surface area is 223 Å². The van der Waals surface area contributed by atoms with Gasteiger partial charge in [-0.1, -0.05) is 25.3 Å². The number of nitrogens with one attached hydrogen (secondary N) is 1. The second-order valence-electron chi connectivity index (χ2n) is 9.72. The van der Waals surface area contributed by atoms with Crippen molar-refractivity contribution in [3.05, 3.63) is 71.8 Å². The molecule has 0 unspecified atom stereocenters. The van der Waals surface area contributed by atoms with Crippen LogP contribution >= 0.6 is 0 Å². The topological polar surface area (TPSA) is 74.6 Å². The fourth-order valence-electron chi connectivity index (χ4n) is 5.35. The van der Waals surface area contributed by atoms with Gasteiger partial charge in [0.25, 0.3) is 5.91 Å². The number of aromatic nitrogens is 2. The molecule has 7 nitrogen and oxygen atoms in total. The van der Waals surface area contributed by atoms with Crippen LogP contribution in [-0.4, -0.2) is 43.3 Å². The Hall–Kier alpha value is -4.00. The number of amides is 1. The van der Waals surface area contributed by atoms with Crippen molar-refractivity contribution in [2.75, 3.05) is 27.9 Å². The number of rotatable bonds is 9. The van der Waals surface area contributed by atoms with Gasteiger partial charge in [-0.3, -0.25) is 4.79 Å². The number of nitrogens with zero attached hydrogens (tertiary/aromatic N) is 2. The van der Waals surface area contributed by atoms with Gasteiger partial charge in [-0.2, -0.15) is 0 Å². The average molecular weight is 514 g/mol. The summed E-state index contributed by atoms with van der Waals surface area (Å²) in [5.74, 6) is 3.03. The van der Waals surface area contributed by atoms with Crippen LogP contribution in [-0.2, 0) is 6.42 Å². The van der Waals surface area contributed by atoms with Crippen LogP contribution in [0.5, 0.6) is 17.2 Å². The van der Waals surface area contributed by atoms with Gasteiger partial charge in [-0.25, -0.2) is 4.98 Å². The number of carbonyl (C=O) groups excluding carboxylic acids is 1. The fraction of sp³-hybridized carbons (Fsp3) is 0.355. The van der Waals surface area contributed by atoms with Crippen LogP contribution in [0.4, 0.5) is 0 Å². The molecule has 1 N–H and O–H groups in total. The van der Waals surface area contributed by atoms with Gasteiger partial charge in [0.15, 0.2) is 11.5 Å². The Bertz CT molecular complexity index is 1400. The van der Waals surface area contributed by atoms with Crippen molar-refractivity contribution in [2.45, 2.75) is 44.6 Å². The van der Waals surface area contributed by atoms with E-state index in [1.165, 1.54) is 19.3 Å². The van der Waals surface area contributed by atoms with Gasteiger partial charge in [0, 0.05) is 23.7 Å². The lowest BCUT2D eigenvalue weighted by atomic mass is 9.95. The molecular weight excluding hydrogens is 478 g/mol. The largest absolute Gasteiger partial charge is 0.497 e. The molecule has 7 heteroatoms. The summed E-state index contributed by atoms with van der Waals surface area (Å²) in [6.07, 6.45) is 6.72. The Morgan fingerprint density at radius 1 is 0.895 bits per heavy atom. The lowest BCUT2D eigenvalue weighted by Gasteiger charge is -2.25. The molecule has 0 bridgehead atoms. The standard InChI is InChI=1S/C31H35N3O4/c1-36-25-13-10-22(11-14-25)30-33-26-20-23(12-15-27(26)34(30)24-7-5-4-6-8-24)31(35)32-18-17-21-9-16-28(37-2)29(19-21)38-3/h9-16,19-20,24H,4-8,17-18H2,1-3H3,(H,32,35). The predicted octanol–water partition coefficient (Wildman–Crippen LogP) is 6.21. The van der Waals surface area contributed by atoms with E-state index in [1.807, 2.05) is 48.5 Å². The van der Waals surface area contributed by atoms with Crippen LogP contribution in [0.25, 0.3) is 22.4 Å². The van der Waals surface area contributed by atoms with E-state index in [4.69, 9.17) is 19.2 Å². The van der Waals surface area contributed by atoms with Gasteiger partial charge >= 0.3 is 0 Å². The van der Waals surface area contributed by atoms with Gasteiger partial charge < -0.3 is 24.1 Å². The number of imidazole rings is 1. The van der Waals surface area contributed by atoms with Crippen molar-refractivity contribution in [2.24, 2.45) is 0 Å². The zero-order valence-corrected chi connectivity index (χ0v) is 22.3. The summed E-state index contributed by atoms with van der Waals surface area (Å²) in [4.78, 5) is 18.1. The van der Waals surface area contributed by atoms with Gasteiger partial charge in [0.05, 0.1) is 32.4 Å². The van der Waals surface area contributed by atoms with Gasteiger partial charge in [-0.15, -0.1) is 0 Å². The first kappa shape index (κ1) is 25.6. The Balaban J connectivity index is 1.37. The minimum absolute atomic E-state index is 0.106. The van der Waals surface area contributed by atoms with Crippen LogP contribution in [0, 0.1) is 0 Å². The van der Waals surface area contributed by atoms with Crippen LogP contribution in [0.3, 0.4) is 0 Å². The molecule has 5 rings (SSSR count). The van der Waals surface area contributed by atoms with Crippen LogP contribution in [0.1, 0.15) is 54.1 Å². The fourth-order valence-corrected chi connectivity index (χ4v) is 5.35. The highest BCUT2D eigenvalue weighted by molar-refractivity contribution is 5.98. The van der Waals surface area contributed by atoms with Gasteiger partial charge in [0.2, 0.25) is 0 Å². The van der Waals surface area contributed by atoms with Crippen molar-refractivity contribution in [3.8, 4) is 28.6 Å². The highest BCUT2D eigenvalue weighted by atomic mass is 16.5. The molecule has 198 valence electrons. The van der Waals surface area contributed by atoms with Gasteiger partial charge in [0.1, 0.15) is 11.6 Å². The number of methoxy groups -OCH3 is 3. The van der Waals surface area contributed by atoms with E-state index in [0.29, 0.717) is 36.1 Å². The number of hydrogen-bond donors (Lipinski definition) is 1. The molecule has 1 aromatic heterocycles. The molecule has 38 heavy (non-hydrogen) atoms. The molecule has 0 atom stereocenters. The molecule has 1 saturated carbocycles. The molecule has 1 amide bonds. The van der Waals surface area contributed by atoms with E-state index in [9.17, 15) is 4.79 Å². The number of ether oxygens (including phenoxy) is 3. The van der Waals surface area contributed by atoms with E-state index in [1.54, 1.807) is 21.3 Å². The molecule has 1 aliphatic rings. The summed E-state index contributed by atoms with van der Waals surface area (Å²) in [7, 11) is 4.91. The second-order valence-corrected chi connectivity index (χ2v) is 9.72. The zero-order chi connectivity index (χ0) is 26.5. The quantitative estimate of drug-likeness (QED) is 0.288. The summed E-state index contributed by atoms with van der Waals surface area (Å²) < 4.78 is 18.4. The van der Waals surface area contributed by atoms with Crippen LogP contribution in [0.2, 0.25) is 0 Å². The van der Waals surface area contributed by atoms with Gasteiger partial charge in [-0.05, 0) is 79.4 Å². The maximum absolute atomic E-state index is 13.0. The smallest absolute Gasteiger partial charge is 0.251 e. The summed E-state index contributed by atoms with van der Waals surface area (Å²) >= 11 is 0. The highest BCUT2D eigenvalue weighted by Gasteiger charge is 2.23. The van der Waals surface area contributed by atoms with Crippen molar-refractivity contribution >= 4 is 16.9 Å². The van der Waals surface area contributed by atoms with E-state index < -0.39 is 0 Å². The number of fused-ring (bicyclic) bond motifs is 1. The third-order valence-corrected chi connectivity index (χ3v) is 7.39. The SMILES string of the molecule is COc1ccc(-c2nc3cc(C(=O)NCCc4ccc(OC)c(OC)c4)ccc3n2C2CCCCC2)cc1. The lowest BCUT2D eigenvalue weighted by molar-refractivity contribution is 0.0954. The predicted molar refractivity (Wildman–Crippen MR) is 149 cm³/mol. The average Bonchev–Trinajstić information content (AvgIpc) is 3.36. The number of carbonyl (C=O) groups is 1. The zero-order valence-electron chi connectivity index (χ0n) is 22.3. The molecule has 0 radical (unpaired) electrons. The van der Waals surface area contributed by atoms with Crippen LogP contribution in [0.15, 0.2) is 60.7 Å². The highest BCUT2D eigenvalue weighted by Crippen LogP contribution is 2.36. The van der Waals surface area contributed by atoms with Crippen molar-refractivity contribution < 1.29 is 19.0 Å². The summed E-state index contributed by atoms with van der Waals surface area (Å²) in [6.45, 7) is 0.514. The molecule has 1 fully saturated rings. The van der Waals surface area contributed by atoms with E-state index in [2.05, 4.69) is 22.0 Å². The first-order valence-corrected chi connectivity index (χ1v) is 13.3. The molecule has 0 saturated heterocycles. The Morgan fingerprint density at radius 3 is 2.37 bits per heavy atom. The molecule has 1 aliphatic carbocycles. The minimum atomic E-state index is -0.106. The Morgan fingerprint density at radius 2 is 1.66 bits per heavy atom. The van der Waals surface area contributed by atoms with E-state index >= 15 is 0 Å². The summed E-state index contributed by atoms with van der Waals surface area (Å²) in [6, 6.07) is 20.1. The molecule has 0 spiro atoms. The third kappa shape index (κ3) is 5.32. The van der Waals surface area contributed by atoms with E-state index in [-0.39, 0.29) is 5.91 Å². The van der Waals surface area contributed by atoms with Crippen molar-refractivity contribution in [3.63, 3.8) is 0 Å². The summed E-state index contributed by atoms with van der Waals surface area (Å²) in [5.41, 5.74) is 4.64. The lowest BCUT2D eigenvalue weighted by Crippen LogP contribution is -2.25. The first-order valence-electron chi connectivity index (χ1n) is 13.3. The molecule has 3 aromatic carbocycles. The number of benzene rings is 3. The van der Waals surface area contributed by atoms with Crippen molar-refractivity contribution in [1.29, 1.82) is 0 Å².